The predicted octanol–water partition coefficient (Wildman–Crippen LogP) is 13.6. The average Bonchev–Trinajstić information content (AvgIpc) is 3.12. The van der Waals surface area contributed by atoms with Crippen LogP contribution >= 0.6 is 17.2 Å². The lowest BCUT2D eigenvalue weighted by Crippen LogP contribution is -2.15. The third-order valence-electron chi connectivity index (χ3n) is 9.14. The van der Waals surface area contributed by atoms with Crippen molar-refractivity contribution >= 4 is 27.8 Å². The van der Waals surface area contributed by atoms with Crippen LogP contribution < -0.4 is 24.2 Å². The number of rotatable bonds is 9. The Balaban J connectivity index is 0.000000438. The zero-order valence-corrected chi connectivity index (χ0v) is 35.8. The van der Waals surface area contributed by atoms with Crippen LogP contribution in [0.2, 0.25) is 0 Å². The molecule has 0 fully saturated rings. The Labute approximate surface area is 327 Å². The molecule has 0 saturated heterocycles. The molecule has 0 aromatic heterocycles. The van der Waals surface area contributed by atoms with Crippen molar-refractivity contribution in [1.82, 2.24) is 0 Å². The van der Waals surface area contributed by atoms with Gasteiger partial charge < -0.3 is 13.6 Å². The molecule has 3 nitrogen and oxygen atoms in total. The molecule has 2 unspecified atom stereocenters. The van der Waals surface area contributed by atoms with E-state index in [1.54, 1.807) is 0 Å². The molecule has 0 N–H and O–H groups in total. The van der Waals surface area contributed by atoms with Gasteiger partial charge in [0.2, 0.25) is 0 Å². The van der Waals surface area contributed by atoms with E-state index in [0.29, 0.717) is 0 Å². The molecule has 0 aliphatic carbocycles. The standard InChI is InChI=1S/C38H40O3P2.C11H16/c1-26-22-28(3)36(39-42-30-16-10-8-11-17-30)32(24-26)33-25-27(2)23-29(4)37(33)41-43(31-18-12-9-13-19-31)40-35-21-15-14-20-34(35)38(5,6)7;1-9-7-5-6-8-10(9)11(2,3)4/h8-25,42H,1-7H3;5-8H,1-4H3. The SMILES string of the molecule is Cc1cc(C)c(OPc2ccccc2)c(-c2cc(C)cc(C)c2OP(Oc2ccccc2C(C)(C)C)c2ccccc2)c1.Cc1ccccc1C(C)(C)C. The Morgan fingerprint density at radius 2 is 0.944 bits per heavy atom. The number of aryl methyl sites for hydroxylation is 5. The van der Waals surface area contributed by atoms with Gasteiger partial charge >= 0.3 is 8.38 Å². The fourth-order valence-electron chi connectivity index (χ4n) is 6.61. The smallest absolute Gasteiger partial charge is 0.326 e. The number of hydrogen-bond acceptors (Lipinski definition) is 3. The van der Waals surface area contributed by atoms with Gasteiger partial charge in [-0.2, -0.15) is 0 Å². The fraction of sp³-hybridized carbons (Fsp3) is 0.265. The van der Waals surface area contributed by atoms with E-state index >= 15 is 0 Å². The summed E-state index contributed by atoms with van der Waals surface area (Å²) in [6, 6.07) is 46.2. The summed E-state index contributed by atoms with van der Waals surface area (Å²) < 4.78 is 20.4. The van der Waals surface area contributed by atoms with E-state index in [1.165, 1.54) is 22.3 Å². The lowest BCUT2D eigenvalue weighted by atomic mass is 9.84. The van der Waals surface area contributed by atoms with Gasteiger partial charge in [0.05, 0.1) is 5.30 Å². The molecule has 0 spiro atoms. The van der Waals surface area contributed by atoms with Crippen molar-refractivity contribution < 1.29 is 13.6 Å². The van der Waals surface area contributed by atoms with E-state index < -0.39 is 8.38 Å². The molecule has 6 aromatic carbocycles. The summed E-state index contributed by atoms with van der Waals surface area (Å²) in [4.78, 5) is 0. The quantitative estimate of drug-likeness (QED) is 0.138. The molecule has 6 rings (SSSR count). The third-order valence-corrected chi connectivity index (χ3v) is 11.4. The van der Waals surface area contributed by atoms with Crippen molar-refractivity contribution in [2.24, 2.45) is 0 Å². The van der Waals surface area contributed by atoms with Gasteiger partial charge in [-0.15, -0.1) is 0 Å². The first-order valence-electron chi connectivity index (χ1n) is 18.7. The largest absolute Gasteiger partial charge is 0.472 e. The average molecular weight is 755 g/mol. The highest BCUT2D eigenvalue weighted by Gasteiger charge is 2.27. The maximum absolute atomic E-state index is 7.03. The summed E-state index contributed by atoms with van der Waals surface area (Å²) in [5, 5.41) is 2.17. The van der Waals surface area contributed by atoms with Crippen LogP contribution in [0, 0.1) is 34.6 Å². The van der Waals surface area contributed by atoms with Gasteiger partial charge in [-0.3, -0.25) is 0 Å². The highest BCUT2D eigenvalue weighted by atomic mass is 31.2. The molecule has 0 bridgehead atoms. The van der Waals surface area contributed by atoms with Crippen LogP contribution in [0.15, 0.2) is 133 Å². The van der Waals surface area contributed by atoms with E-state index in [-0.39, 0.29) is 19.6 Å². The summed E-state index contributed by atoms with van der Waals surface area (Å²) >= 11 is 0. The van der Waals surface area contributed by atoms with Crippen LogP contribution in [0.25, 0.3) is 11.1 Å². The van der Waals surface area contributed by atoms with E-state index in [0.717, 1.165) is 55.7 Å². The summed E-state index contributed by atoms with van der Waals surface area (Å²) in [7, 11) is -1.32. The molecule has 0 aliphatic rings. The number of benzene rings is 6. The van der Waals surface area contributed by atoms with Gasteiger partial charge in [0.25, 0.3) is 0 Å². The van der Waals surface area contributed by atoms with Gasteiger partial charge in [-0.25, -0.2) is 0 Å². The highest BCUT2D eigenvalue weighted by Crippen LogP contribution is 2.49. The number of para-hydroxylation sites is 1. The minimum Gasteiger partial charge on any atom is -0.472 e. The fourth-order valence-corrected chi connectivity index (χ4v) is 8.84. The van der Waals surface area contributed by atoms with Crippen molar-refractivity contribution in [3.05, 3.63) is 172 Å². The monoisotopic (exact) mass is 754 g/mol. The van der Waals surface area contributed by atoms with Crippen LogP contribution in [0.5, 0.6) is 17.2 Å². The van der Waals surface area contributed by atoms with Crippen molar-refractivity contribution in [1.29, 1.82) is 0 Å². The lowest BCUT2D eigenvalue weighted by molar-refractivity contribution is 0.481. The molecular weight excluding hydrogens is 698 g/mol. The molecule has 0 saturated carbocycles. The highest BCUT2D eigenvalue weighted by molar-refractivity contribution is 7.56. The van der Waals surface area contributed by atoms with Crippen molar-refractivity contribution in [2.75, 3.05) is 0 Å². The summed E-state index contributed by atoms with van der Waals surface area (Å²) in [5.41, 5.74) is 10.7. The van der Waals surface area contributed by atoms with E-state index in [4.69, 9.17) is 13.6 Å². The zero-order chi connectivity index (χ0) is 39.0. The minimum absolute atomic E-state index is 0.0793. The molecule has 0 aliphatic heterocycles. The van der Waals surface area contributed by atoms with Crippen LogP contribution in [0.3, 0.4) is 0 Å². The zero-order valence-electron chi connectivity index (χ0n) is 33.9. The molecule has 280 valence electrons. The van der Waals surface area contributed by atoms with E-state index in [9.17, 15) is 0 Å². The van der Waals surface area contributed by atoms with Crippen LogP contribution in [-0.4, -0.2) is 0 Å². The van der Waals surface area contributed by atoms with Crippen molar-refractivity contribution in [3.63, 3.8) is 0 Å². The molecular formula is C49H56O3P2. The normalized spacial score (nSPS) is 12.2. The first-order valence-corrected chi connectivity index (χ1v) is 20.8. The number of hydrogen-bond donors (Lipinski definition) is 0. The molecule has 2 atom stereocenters. The van der Waals surface area contributed by atoms with Crippen molar-refractivity contribution in [2.45, 2.75) is 87.0 Å². The first-order chi connectivity index (χ1) is 25.6. The second-order valence-electron chi connectivity index (χ2n) is 16.1. The molecule has 5 heteroatoms. The topological polar surface area (TPSA) is 27.7 Å². The predicted molar refractivity (Wildman–Crippen MR) is 235 cm³/mol. The van der Waals surface area contributed by atoms with Gasteiger partial charge in [-0.1, -0.05) is 145 Å². The second-order valence-corrected chi connectivity index (χ2v) is 18.5. The second kappa shape index (κ2) is 17.8. The van der Waals surface area contributed by atoms with Crippen LogP contribution in [0.4, 0.5) is 0 Å². The Kier molecular flexibility index (Phi) is 13.4. The van der Waals surface area contributed by atoms with E-state index in [2.05, 4.69) is 161 Å². The van der Waals surface area contributed by atoms with Crippen molar-refractivity contribution in [3.8, 4) is 28.4 Å². The first kappa shape index (κ1) is 40.8. The summed E-state index contributed by atoms with van der Waals surface area (Å²) in [6.07, 6.45) is 0. The Morgan fingerprint density at radius 3 is 1.50 bits per heavy atom. The van der Waals surface area contributed by atoms with Gasteiger partial charge in [-0.05, 0) is 115 Å². The molecule has 0 radical (unpaired) electrons. The maximum atomic E-state index is 7.03. The van der Waals surface area contributed by atoms with Gasteiger partial charge in [0.1, 0.15) is 26.1 Å². The molecule has 54 heavy (non-hydrogen) atoms. The Hall–Kier alpha value is -4.42. The minimum atomic E-state index is -1.51. The molecule has 0 heterocycles. The summed E-state index contributed by atoms with van der Waals surface area (Å²) in [5.74, 6) is 2.54. The lowest BCUT2D eigenvalue weighted by Gasteiger charge is -2.27. The Morgan fingerprint density at radius 1 is 0.463 bits per heavy atom. The van der Waals surface area contributed by atoms with Crippen LogP contribution in [0.1, 0.15) is 80.5 Å². The van der Waals surface area contributed by atoms with Gasteiger partial charge in [0.15, 0.2) is 0 Å². The maximum Gasteiger partial charge on any atom is 0.326 e. The Bertz CT molecular complexity index is 2150. The van der Waals surface area contributed by atoms with Crippen LogP contribution in [-0.2, 0) is 10.8 Å². The third kappa shape index (κ3) is 10.6. The van der Waals surface area contributed by atoms with Gasteiger partial charge in [0, 0.05) is 16.4 Å². The molecule has 6 aromatic rings. The molecule has 0 amide bonds. The van der Waals surface area contributed by atoms with E-state index in [1.807, 2.05) is 48.5 Å². The summed E-state index contributed by atoms with van der Waals surface area (Å²) in [6.45, 7) is 24.0.